The monoisotopic (exact) mass is 805 g/mol. The van der Waals surface area contributed by atoms with E-state index in [4.69, 9.17) is 16.3 Å². The molecule has 296 valence electrons. The van der Waals surface area contributed by atoms with E-state index in [9.17, 15) is 31.5 Å². The van der Waals surface area contributed by atoms with Gasteiger partial charge in [-0.1, -0.05) is 29.8 Å². The predicted octanol–water partition coefficient (Wildman–Crippen LogP) is 3.96. The first kappa shape index (κ1) is 40.5. The lowest BCUT2D eigenvalue weighted by molar-refractivity contribution is -0.132. The van der Waals surface area contributed by atoms with E-state index >= 15 is 0 Å². The van der Waals surface area contributed by atoms with Crippen molar-refractivity contribution in [1.29, 1.82) is 0 Å². The van der Waals surface area contributed by atoms with Crippen molar-refractivity contribution in [2.75, 3.05) is 58.3 Å². The summed E-state index contributed by atoms with van der Waals surface area (Å²) in [5.74, 6) is -0.206. The van der Waals surface area contributed by atoms with Crippen molar-refractivity contribution in [3.05, 3.63) is 70.3 Å². The van der Waals surface area contributed by atoms with Gasteiger partial charge in [0.1, 0.15) is 12.4 Å². The molecular formula is C38H52ClN5O8S2. The molecule has 4 atom stereocenters. The molecule has 1 saturated heterocycles. The number of piperazine rings is 1. The lowest BCUT2D eigenvalue weighted by Gasteiger charge is -2.42. The van der Waals surface area contributed by atoms with Crippen molar-refractivity contribution < 1.29 is 36.3 Å². The van der Waals surface area contributed by atoms with Gasteiger partial charge in [-0.15, -0.1) is 0 Å². The van der Waals surface area contributed by atoms with E-state index in [-0.39, 0.29) is 68.7 Å². The number of nitrogens with zero attached hydrogens (tertiary/aromatic N) is 4. The maximum Gasteiger partial charge on any atom is 0.281 e. The molecule has 3 heterocycles. The number of carbonyl (C=O) groups excluding carboxylic acids is 2. The maximum atomic E-state index is 13.9. The molecular weight excluding hydrogens is 754 g/mol. The van der Waals surface area contributed by atoms with Crippen LogP contribution in [-0.4, -0.2) is 112 Å². The zero-order valence-corrected chi connectivity index (χ0v) is 33.4. The number of amides is 2. The van der Waals surface area contributed by atoms with Crippen LogP contribution in [0.5, 0.6) is 5.75 Å². The van der Waals surface area contributed by atoms with Crippen molar-refractivity contribution in [3.8, 4) is 5.75 Å². The van der Waals surface area contributed by atoms with Gasteiger partial charge >= 0.3 is 0 Å². The summed E-state index contributed by atoms with van der Waals surface area (Å²) in [5.41, 5.74) is 3.03. The first-order valence-electron chi connectivity index (χ1n) is 18.9. The molecule has 0 unspecified atom stereocenters. The number of benzene rings is 2. The third-order valence-electron chi connectivity index (χ3n) is 11.3. The van der Waals surface area contributed by atoms with Crippen molar-refractivity contribution in [2.45, 2.75) is 75.7 Å². The molecule has 13 nitrogen and oxygen atoms in total. The Hall–Kier alpha value is -3.21. The van der Waals surface area contributed by atoms with Gasteiger partial charge in [-0.2, -0.15) is 17.0 Å². The van der Waals surface area contributed by atoms with E-state index in [1.54, 1.807) is 35.3 Å². The largest absolute Gasteiger partial charge is 0.487 e. The highest BCUT2D eigenvalue weighted by Gasteiger charge is 2.37. The molecule has 2 fully saturated rings. The van der Waals surface area contributed by atoms with Gasteiger partial charge in [0.05, 0.1) is 17.0 Å². The van der Waals surface area contributed by atoms with Gasteiger partial charge in [-0.05, 0) is 105 Å². The highest BCUT2D eigenvalue weighted by molar-refractivity contribution is 7.90. The summed E-state index contributed by atoms with van der Waals surface area (Å²) in [6.45, 7) is 2.32. The van der Waals surface area contributed by atoms with Crippen molar-refractivity contribution >= 4 is 49.3 Å². The van der Waals surface area contributed by atoms with E-state index in [1.807, 2.05) is 18.2 Å². The molecule has 2 bridgehead atoms. The minimum atomic E-state index is -4.25. The molecule has 16 heteroatoms. The van der Waals surface area contributed by atoms with Crippen LogP contribution in [0, 0.1) is 11.8 Å². The number of ether oxygens (including phenoxy) is 1. The summed E-state index contributed by atoms with van der Waals surface area (Å²) < 4.78 is 64.0. The number of aryl methyl sites for hydroxylation is 1. The third kappa shape index (κ3) is 9.42. The van der Waals surface area contributed by atoms with Crippen LogP contribution < -0.4 is 14.4 Å². The molecule has 0 spiro atoms. The second-order valence-electron chi connectivity index (χ2n) is 15.0. The Morgan fingerprint density at radius 2 is 1.80 bits per heavy atom. The van der Waals surface area contributed by atoms with Crippen LogP contribution >= 0.6 is 11.6 Å². The SMILES string of the molecule is CN(C)S(=O)(=O)N1CCN(C(=O)CC[C@H]2CC/C=C/[C@H](O)[C@@H]3CC[C@H]3CN3CCCCc4cc(Cl)ccc4COc4ccc(cc43)C(=O)NS2(=O)=O)CC1. The lowest BCUT2D eigenvalue weighted by Crippen LogP contribution is -2.53. The normalized spacial score (nSPS) is 26.3. The van der Waals surface area contributed by atoms with Crippen LogP contribution in [-0.2, 0) is 38.1 Å². The number of halogens is 1. The quantitative estimate of drug-likeness (QED) is 0.428. The number of nitrogens with one attached hydrogen (secondary N) is 1. The Balaban J connectivity index is 1.23. The number of hydrogen-bond donors (Lipinski definition) is 2. The summed E-state index contributed by atoms with van der Waals surface area (Å²) in [5, 5.41) is 10.8. The zero-order valence-electron chi connectivity index (χ0n) is 31.0. The van der Waals surface area contributed by atoms with Gasteiger partial charge in [0.25, 0.3) is 16.1 Å². The van der Waals surface area contributed by atoms with Crippen LogP contribution in [0.4, 0.5) is 5.69 Å². The Labute approximate surface area is 324 Å². The first-order chi connectivity index (χ1) is 25.7. The standard InChI is InChI=1S/C38H52ClN5O8S2/c1-41(2)54(50,51)44-21-19-42(20-22-44)37(46)17-14-32-8-3-4-9-35(45)33-15-11-29(33)25-43-18-6-5-7-27-23-31(39)13-10-30(27)26-52-36-16-12-28(24-34(36)43)38(47)40-53(32,48)49/h4,9-10,12-13,16,23-24,29,32-33,35,45H,3,5-8,11,14-15,17-22,25-26H2,1-2H3,(H,40,47)/b9-4+/t29-,32+,33+,35-/m0/s1. The molecule has 0 aromatic heterocycles. The van der Waals surface area contributed by atoms with Crippen molar-refractivity contribution in [2.24, 2.45) is 11.8 Å². The Morgan fingerprint density at radius 3 is 2.52 bits per heavy atom. The van der Waals surface area contributed by atoms with Gasteiger partial charge in [-0.3, -0.25) is 9.59 Å². The van der Waals surface area contributed by atoms with Crippen molar-refractivity contribution in [1.82, 2.24) is 18.2 Å². The maximum absolute atomic E-state index is 13.9. The molecule has 2 amide bonds. The van der Waals surface area contributed by atoms with Gasteiger partial charge in [0.15, 0.2) is 0 Å². The van der Waals surface area contributed by atoms with Gasteiger partial charge in [-0.25, -0.2) is 13.1 Å². The summed E-state index contributed by atoms with van der Waals surface area (Å²) in [6, 6.07) is 10.8. The summed E-state index contributed by atoms with van der Waals surface area (Å²) >= 11 is 6.33. The fraction of sp³-hybridized carbons (Fsp3) is 0.579. The highest BCUT2D eigenvalue weighted by Crippen LogP contribution is 2.41. The minimum absolute atomic E-state index is 0.0305. The number of sulfonamides is 1. The average Bonchev–Trinajstić information content (AvgIpc) is 3.15. The minimum Gasteiger partial charge on any atom is -0.487 e. The van der Waals surface area contributed by atoms with Crippen LogP contribution in [0.15, 0.2) is 48.6 Å². The topological polar surface area (TPSA) is 157 Å². The summed E-state index contributed by atoms with van der Waals surface area (Å²) in [7, 11) is -4.94. The number of carbonyl (C=O) groups is 2. The Morgan fingerprint density at radius 1 is 1.02 bits per heavy atom. The van der Waals surface area contributed by atoms with Crippen LogP contribution in [0.25, 0.3) is 0 Å². The molecule has 4 aliphatic rings. The Bertz CT molecular complexity index is 1930. The molecule has 2 aromatic carbocycles. The fourth-order valence-electron chi connectivity index (χ4n) is 7.86. The summed E-state index contributed by atoms with van der Waals surface area (Å²) in [6.07, 6.45) is 7.67. The van der Waals surface area contributed by atoms with Crippen LogP contribution in [0.2, 0.25) is 5.02 Å². The number of anilines is 1. The molecule has 3 aliphatic heterocycles. The smallest absolute Gasteiger partial charge is 0.281 e. The lowest BCUT2D eigenvalue weighted by atomic mass is 9.70. The first-order valence-corrected chi connectivity index (χ1v) is 22.2. The number of allylic oxidation sites excluding steroid dienone is 1. The van der Waals surface area contributed by atoms with E-state index in [0.29, 0.717) is 42.6 Å². The van der Waals surface area contributed by atoms with E-state index in [0.717, 1.165) is 47.5 Å². The van der Waals surface area contributed by atoms with Gasteiger partial charge < -0.3 is 19.6 Å². The molecule has 2 aromatic rings. The van der Waals surface area contributed by atoms with Crippen LogP contribution in [0.3, 0.4) is 0 Å². The zero-order chi connectivity index (χ0) is 38.6. The fourth-order valence-corrected chi connectivity index (χ4v) is 10.6. The van der Waals surface area contributed by atoms with Crippen molar-refractivity contribution in [3.63, 3.8) is 0 Å². The van der Waals surface area contributed by atoms with Crippen LogP contribution in [0.1, 0.15) is 72.9 Å². The van der Waals surface area contributed by atoms with E-state index in [2.05, 4.69) is 9.62 Å². The second-order valence-corrected chi connectivity index (χ2v) is 19.5. The highest BCUT2D eigenvalue weighted by atomic mass is 35.5. The predicted molar refractivity (Wildman–Crippen MR) is 208 cm³/mol. The molecule has 1 aliphatic carbocycles. The molecule has 54 heavy (non-hydrogen) atoms. The molecule has 0 radical (unpaired) electrons. The second kappa shape index (κ2) is 17.3. The average molecular weight is 806 g/mol. The van der Waals surface area contributed by atoms with E-state index in [1.165, 1.54) is 18.4 Å². The van der Waals surface area contributed by atoms with E-state index < -0.39 is 37.5 Å². The number of aliphatic hydroxyl groups excluding tert-OH is 1. The third-order valence-corrected chi connectivity index (χ3v) is 15.3. The number of fused-ring (bicyclic) bond motifs is 3. The molecule has 2 N–H and O–H groups in total. The molecule has 1 saturated carbocycles. The Kier molecular flexibility index (Phi) is 13.0. The molecule has 6 rings (SSSR count). The van der Waals surface area contributed by atoms with Gasteiger partial charge in [0.2, 0.25) is 15.9 Å². The summed E-state index contributed by atoms with van der Waals surface area (Å²) in [4.78, 5) is 30.8. The number of hydrogen-bond acceptors (Lipinski definition) is 9. The number of aliphatic hydroxyl groups is 1. The van der Waals surface area contributed by atoms with Gasteiger partial charge in [0, 0.05) is 70.4 Å². The number of rotatable bonds is 5.